The van der Waals surface area contributed by atoms with Gasteiger partial charge in [0, 0.05) is 31.8 Å². The van der Waals surface area contributed by atoms with Gasteiger partial charge in [-0.25, -0.2) is 0 Å². The predicted molar refractivity (Wildman–Crippen MR) is 101 cm³/mol. The molecule has 1 atom stereocenters. The second-order valence-corrected chi connectivity index (χ2v) is 6.57. The number of aryl methyl sites for hydroxylation is 1. The minimum Gasteiger partial charge on any atom is -0.465 e. The van der Waals surface area contributed by atoms with Gasteiger partial charge in [0.15, 0.2) is 0 Å². The second-order valence-electron chi connectivity index (χ2n) is 6.57. The van der Waals surface area contributed by atoms with E-state index in [2.05, 4.69) is 10.2 Å². The average molecular weight is 404 g/mol. The van der Waals surface area contributed by atoms with Crippen LogP contribution in [0.2, 0.25) is 0 Å². The number of nitrogens with zero attached hydrogens (tertiary/aromatic N) is 3. The first kappa shape index (κ1) is 20.4. The summed E-state index contributed by atoms with van der Waals surface area (Å²) in [6.45, 7) is 4.41. The van der Waals surface area contributed by atoms with Crippen LogP contribution in [0.15, 0.2) is 34.7 Å². The number of rotatable bonds is 7. The summed E-state index contributed by atoms with van der Waals surface area (Å²) in [6, 6.07) is 6.25. The maximum absolute atomic E-state index is 12.6. The molecule has 1 aromatic heterocycles. The van der Waals surface area contributed by atoms with E-state index in [4.69, 9.17) is 9.15 Å². The van der Waals surface area contributed by atoms with E-state index in [1.807, 2.05) is 19.1 Å². The lowest BCUT2D eigenvalue weighted by Crippen LogP contribution is -2.43. The Balaban J connectivity index is 1.79. The molecule has 0 saturated carbocycles. The van der Waals surface area contributed by atoms with Gasteiger partial charge in [0.25, 0.3) is 17.3 Å². The lowest BCUT2D eigenvalue weighted by Gasteiger charge is -2.33. The Morgan fingerprint density at radius 1 is 1.14 bits per heavy atom. The summed E-state index contributed by atoms with van der Waals surface area (Å²) in [5.41, 5.74) is -1.19. The number of nitro groups is 2. The van der Waals surface area contributed by atoms with Crippen LogP contribution >= 0.6 is 0 Å². The molecule has 11 nitrogen and oxygen atoms in total. The first-order valence-electron chi connectivity index (χ1n) is 8.95. The zero-order valence-electron chi connectivity index (χ0n) is 15.7. The monoisotopic (exact) mass is 404 g/mol. The number of amides is 1. The van der Waals surface area contributed by atoms with Gasteiger partial charge in [-0.3, -0.25) is 29.9 Å². The summed E-state index contributed by atoms with van der Waals surface area (Å²) < 4.78 is 11.1. The molecule has 0 bridgehead atoms. The van der Waals surface area contributed by atoms with Gasteiger partial charge in [-0.05, 0) is 19.1 Å². The molecule has 1 aliphatic rings. The average Bonchev–Trinajstić information content (AvgIpc) is 3.14. The van der Waals surface area contributed by atoms with Crippen molar-refractivity contribution < 1.29 is 23.8 Å². The predicted octanol–water partition coefficient (Wildman–Crippen LogP) is 2.21. The number of nitro benzene ring substituents is 2. The van der Waals surface area contributed by atoms with Crippen molar-refractivity contribution in [3.63, 3.8) is 0 Å². The van der Waals surface area contributed by atoms with Gasteiger partial charge < -0.3 is 14.5 Å². The summed E-state index contributed by atoms with van der Waals surface area (Å²) >= 11 is 0. The van der Waals surface area contributed by atoms with Crippen molar-refractivity contribution in [1.82, 2.24) is 10.2 Å². The van der Waals surface area contributed by atoms with Crippen molar-refractivity contribution in [2.45, 2.75) is 13.0 Å². The topological polar surface area (TPSA) is 141 Å². The van der Waals surface area contributed by atoms with Crippen molar-refractivity contribution in [3.05, 3.63) is 67.6 Å². The van der Waals surface area contributed by atoms with E-state index in [9.17, 15) is 25.0 Å². The summed E-state index contributed by atoms with van der Waals surface area (Å²) in [5.74, 6) is 0.770. The molecule has 0 radical (unpaired) electrons. The van der Waals surface area contributed by atoms with Crippen LogP contribution in [0.25, 0.3) is 0 Å². The van der Waals surface area contributed by atoms with Gasteiger partial charge in [0.2, 0.25) is 0 Å². The van der Waals surface area contributed by atoms with Crippen molar-refractivity contribution in [3.8, 4) is 0 Å². The Hall–Kier alpha value is -3.31. The highest BCUT2D eigenvalue weighted by atomic mass is 16.6. The van der Waals surface area contributed by atoms with Gasteiger partial charge in [-0.15, -0.1) is 0 Å². The standard InChI is InChI=1S/C18H20N4O7/c1-12-2-3-17(29-12)16(20-4-6-28-7-5-20)11-19-18(23)13-8-14(21(24)25)10-15(9-13)22(26)27/h2-3,8-10,16H,4-7,11H2,1H3,(H,19,23). The molecule has 1 unspecified atom stereocenters. The Kier molecular flexibility index (Phi) is 6.20. The van der Waals surface area contributed by atoms with Crippen molar-refractivity contribution >= 4 is 17.3 Å². The van der Waals surface area contributed by atoms with Crippen molar-refractivity contribution in [2.75, 3.05) is 32.8 Å². The van der Waals surface area contributed by atoms with E-state index in [1.165, 1.54) is 0 Å². The van der Waals surface area contributed by atoms with Crippen molar-refractivity contribution in [1.29, 1.82) is 0 Å². The first-order valence-corrected chi connectivity index (χ1v) is 8.95. The van der Waals surface area contributed by atoms with Gasteiger partial charge in [0.05, 0.1) is 40.7 Å². The fraction of sp³-hybridized carbons (Fsp3) is 0.389. The van der Waals surface area contributed by atoms with Crippen LogP contribution in [0.4, 0.5) is 11.4 Å². The fourth-order valence-electron chi connectivity index (χ4n) is 3.16. The largest absolute Gasteiger partial charge is 0.465 e. The highest BCUT2D eigenvalue weighted by Crippen LogP contribution is 2.25. The summed E-state index contributed by atoms with van der Waals surface area (Å²) in [5, 5.41) is 24.8. The van der Waals surface area contributed by atoms with E-state index in [1.54, 1.807) is 0 Å². The number of hydrogen-bond donors (Lipinski definition) is 1. The number of benzene rings is 1. The molecule has 11 heteroatoms. The van der Waals surface area contributed by atoms with Crippen LogP contribution in [0.1, 0.15) is 27.9 Å². The summed E-state index contributed by atoms with van der Waals surface area (Å²) in [4.78, 5) is 35.2. The van der Waals surface area contributed by atoms with Crippen molar-refractivity contribution in [2.24, 2.45) is 0 Å². The molecule has 1 amide bonds. The van der Waals surface area contributed by atoms with Gasteiger partial charge >= 0.3 is 0 Å². The molecule has 29 heavy (non-hydrogen) atoms. The fourth-order valence-corrected chi connectivity index (χ4v) is 3.16. The molecule has 1 N–H and O–H groups in total. The molecular weight excluding hydrogens is 384 g/mol. The van der Waals surface area contributed by atoms with Crippen LogP contribution in [0.5, 0.6) is 0 Å². The third kappa shape index (κ3) is 4.95. The third-order valence-electron chi connectivity index (χ3n) is 4.62. The molecule has 1 fully saturated rings. The second kappa shape index (κ2) is 8.80. The van der Waals surface area contributed by atoms with E-state index >= 15 is 0 Å². The lowest BCUT2D eigenvalue weighted by atomic mass is 10.1. The first-order chi connectivity index (χ1) is 13.8. The zero-order chi connectivity index (χ0) is 21.0. The third-order valence-corrected chi connectivity index (χ3v) is 4.62. The number of carbonyl (C=O) groups excluding carboxylic acids is 1. The maximum atomic E-state index is 12.6. The number of carbonyl (C=O) groups is 1. The molecule has 3 rings (SSSR count). The van der Waals surface area contributed by atoms with E-state index in [0.29, 0.717) is 32.1 Å². The van der Waals surface area contributed by atoms with Gasteiger partial charge in [-0.2, -0.15) is 0 Å². The number of non-ortho nitro benzene ring substituents is 2. The van der Waals surface area contributed by atoms with Crippen LogP contribution < -0.4 is 5.32 Å². The molecule has 154 valence electrons. The number of ether oxygens (including phenoxy) is 1. The molecule has 0 spiro atoms. The Morgan fingerprint density at radius 2 is 1.76 bits per heavy atom. The number of nitrogens with one attached hydrogen (secondary N) is 1. The van der Waals surface area contributed by atoms with Gasteiger partial charge in [0.1, 0.15) is 11.5 Å². The Morgan fingerprint density at radius 3 is 2.28 bits per heavy atom. The molecule has 0 aliphatic carbocycles. The number of hydrogen-bond acceptors (Lipinski definition) is 8. The van der Waals surface area contributed by atoms with Crippen LogP contribution in [-0.4, -0.2) is 53.5 Å². The highest BCUT2D eigenvalue weighted by molar-refractivity contribution is 5.95. The maximum Gasteiger partial charge on any atom is 0.277 e. The minimum atomic E-state index is -0.772. The van der Waals surface area contributed by atoms with E-state index in [-0.39, 0.29) is 18.2 Å². The summed E-state index contributed by atoms with van der Waals surface area (Å²) in [6.07, 6.45) is 0. The highest BCUT2D eigenvalue weighted by Gasteiger charge is 2.27. The molecule has 1 saturated heterocycles. The van der Waals surface area contributed by atoms with Crippen LogP contribution in [0, 0.1) is 27.2 Å². The quantitative estimate of drug-likeness (QED) is 0.547. The lowest BCUT2D eigenvalue weighted by molar-refractivity contribution is -0.394. The molecule has 1 aromatic carbocycles. The SMILES string of the molecule is Cc1ccc(C(CNC(=O)c2cc([N+](=O)[O-])cc([N+](=O)[O-])c2)N2CCOCC2)o1. The smallest absolute Gasteiger partial charge is 0.277 e. The van der Waals surface area contributed by atoms with E-state index < -0.39 is 27.1 Å². The molecular formula is C18H20N4O7. The molecule has 1 aliphatic heterocycles. The number of morpholine rings is 1. The summed E-state index contributed by atoms with van der Waals surface area (Å²) in [7, 11) is 0. The minimum absolute atomic E-state index is 0.151. The Labute approximate surface area is 165 Å². The number of furan rings is 1. The van der Waals surface area contributed by atoms with Crippen LogP contribution in [0.3, 0.4) is 0 Å². The van der Waals surface area contributed by atoms with Gasteiger partial charge in [-0.1, -0.05) is 0 Å². The normalized spacial score (nSPS) is 15.6. The molecule has 2 aromatic rings. The Bertz CT molecular complexity index is 888. The van der Waals surface area contributed by atoms with E-state index in [0.717, 1.165) is 24.0 Å². The molecule has 2 heterocycles. The van der Waals surface area contributed by atoms with Crippen LogP contribution in [-0.2, 0) is 4.74 Å². The zero-order valence-corrected chi connectivity index (χ0v) is 15.7.